The van der Waals surface area contributed by atoms with E-state index in [9.17, 15) is 9.59 Å². The minimum absolute atomic E-state index is 0.0219. The first kappa shape index (κ1) is 20.4. The number of hydrogen-bond acceptors (Lipinski definition) is 3. The topological polar surface area (TPSA) is 70.2 Å². The number of rotatable bonds is 4. The summed E-state index contributed by atoms with van der Waals surface area (Å²) < 4.78 is 0.834. The Morgan fingerprint density at radius 2 is 1.88 bits per heavy atom. The minimum atomic E-state index is -0.363. The van der Waals surface area contributed by atoms with Crippen molar-refractivity contribution in [2.45, 2.75) is 19.8 Å². The average molecular weight is 455 g/mol. The van der Waals surface area contributed by atoms with Gasteiger partial charge in [-0.25, -0.2) is 0 Å². The second kappa shape index (κ2) is 9.66. The highest BCUT2D eigenvalue weighted by atomic mass is 79.9. The lowest BCUT2D eigenvalue weighted by Gasteiger charge is -2.11. The van der Waals surface area contributed by atoms with Crippen LogP contribution in [0.4, 0.5) is 0 Å². The van der Waals surface area contributed by atoms with Gasteiger partial charge in [0.1, 0.15) is 0 Å². The minimum Gasteiger partial charge on any atom is -0.302 e. The van der Waals surface area contributed by atoms with E-state index in [0.717, 1.165) is 15.6 Å². The highest BCUT2D eigenvalue weighted by Crippen LogP contribution is 2.17. The maximum Gasteiger partial charge on any atom is 0.269 e. The van der Waals surface area contributed by atoms with Crippen LogP contribution < -0.4 is 16.2 Å². The van der Waals surface area contributed by atoms with Gasteiger partial charge in [0, 0.05) is 21.5 Å². The van der Waals surface area contributed by atoms with Crippen LogP contribution >= 0.6 is 39.7 Å². The molecule has 0 unspecified atom stereocenters. The number of thiocarbonyl (C=S) groups is 1. The number of nitrogens with one attached hydrogen (secondary N) is 3. The molecule has 3 N–H and O–H groups in total. The van der Waals surface area contributed by atoms with Crippen LogP contribution in [0.25, 0.3) is 0 Å². The number of amides is 2. The van der Waals surface area contributed by atoms with Crippen LogP contribution in [0.15, 0.2) is 46.9 Å². The van der Waals surface area contributed by atoms with Gasteiger partial charge in [-0.3, -0.25) is 20.4 Å². The van der Waals surface area contributed by atoms with Gasteiger partial charge in [-0.2, -0.15) is 0 Å². The van der Waals surface area contributed by atoms with Crippen molar-refractivity contribution in [3.63, 3.8) is 0 Å². The van der Waals surface area contributed by atoms with E-state index in [0.29, 0.717) is 17.0 Å². The molecule has 26 heavy (non-hydrogen) atoms. The monoisotopic (exact) mass is 453 g/mol. The van der Waals surface area contributed by atoms with E-state index in [1.54, 1.807) is 18.2 Å². The van der Waals surface area contributed by atoms with Gasteiger partial charge in [0.15, 0.2) is 5.11 Å². The highest BCUT2D eigenvalue weighted by molar-refractivity contribution is 9.10. The Bertz CT molecular complexity index is 845. The number of hydrazine groups is 1. The van der Waals surface area contributed by atoms with E-state index in [1.807, 2.05) is 31.2 Å². The molecule has 2 amide bonds. The lowest BCUT2D eigenvalue weighted by Crippen LogP contribution is -2.48. The van der Waals surface area contributed by atoms with Crippen molar-refractivity contribution in [1.82, 2.24) is 16.2 Å². The SMILES string of the molecule is Cc1ccc(C(=O)NNC(=S)NC(=O)CCc2ccccc2Cl)cc1Br. The summed E-state index contributed by atoms with van der Waals surface area (Å²) in [5.74, 6) is -0.631. The summed E-state index contributed by atoms with van der Waals surface area (Å²) >= 11 is 14.4. The summed E-state index contributed by atoms with van der Waals surface area (Å²) in [6.07, 6.45) is 0.724. The third kappa shape index (κ3) is 6.09. The molecule has 136 valence electrons. The number of halogens is 2. The van der Waals surface area contributed by atoms with E-state index < -0.39 is 0 Å². The molecule has 5 nitrogen and oxygen atoms in total. The molecule has 2 aromatic carbocycles. The summed E-state index contributed by atoms with van der Waals surface area (Å²) in [4.78, 5) is 24.0. The Hall–Kier alpha value is -1.96. The largest absolute Gasteiger partial charge is 0.302 e. The lowest BCUT2D eigenvalue weighted by atomic mass is 10.1. The van der Waals surface area contributed by atoms with E-state index in [2.05, 4.69) is 32.1 Å². The van der Waals surface area contributed by atoms with Gasteiger partial charge in [-0.15, -0.1) is 0 Å². The van der Waals surface area contributed by atoms with Crippen LogP contribution in [0.3, 0.4) is 0 Å². The fourth-order valence-corrected chi connectivity index (χ4v) is 2.86. The van der Waals surface area contributed by atoms with E-state index >= 15 is 0 Å². The van der Waals surface area contributed by atoms with Gasteiger partial charge in [0.05, 0.1) is 0 Å². The lowest BCUT2D eigenvalue weighted by molar-refractivity contribution is -0.119. The van der Waals surface area contributed by atoms with E-state index in [1.165, 1.54) is 0 Å². The summed E-state index contributed by atoms with van der Waals surface area (Å²) in [6, 6.07) is 12.6. The zero-order chi connectivity index (χ0) is 19.1. The van der Waals surface area contributed by atoms with Crippen molar-refractivity contribution in [1.29, 1.82) is 0 Å². The molecule has 0 atom stereocenters. The van der Waals surface area contributed by atoms with Gasteiger partial charge >= 0.3 is 0 Å². The van der Waals surface area contributed by atoms with Gasteiger partial charge in [0.2, 0.25) is 5.91 Å². The van der Waals surface area contributed by atoms with Crippen LogP contribution in [-0.4, -0.2) is 16.9 Å². The van der Waals surface area contributed by atoms with Crippen LogP contribution in [0.5, 0.6) is 0 Å². The smallest absolute Gasteiger partial charge is 0.269 e. The predicted octanol–water partition coefficient (Wildman–Crippen LogP) is 3.68. The van der Waals surface area contributed by atoms with Crippen molar-refractivity contribution in [3.8, 4) is 0 Å². The Balaban J connectivity index is 1.77. The second-order valence-corrected chi connectivity index (χ2v) is 7.18. The average Bonchev–Trinajstić information content (AvgIpc) is 2.61. The molecule has 0 aliphatic carbocycles. The van der Waals surface area contributed by atoms with Gasteiger partial charge in [-0.1, -0.05) is 51.8 Å². The molecule has 0 spiro atoms. The van der Waals surface area contributed by atoms with Crippen LogP contribution in [0.2, 0.25) is 5.02 Å². The summed E-state index contributed by atoms with van der Waals surface area (Å²) in [6.45, 7) is 1.93. The van der Waals surface area contributed by atoms with Crippen LogP contribution in [0.1, 0.15) is 27.9 Å². The third-order valence-electron chi connectivity index (χ3n) is 3.56. The quantitative estimate of drug-likeness (QED) is 0.487. The zero-order valence-corrected chi connectivity index (χ0v) is 17.1. The first-order valence-electron chi connectivity index (χ1n) is 7.76. The van der Waals surface area contributed by atoms with Crippen LogP contribution in [-0.2, 0) is 11.2 Å². The molecule has 0 heterocycles. The number of hydrogen-bond donors (Lipinski definition) is 3. The summed E-state index contributed by atoms with van der Waals surface area (Å²) in [5, 5.41) is 3.16. The first-order valence-corrected chi connectivity index (χ1v) is 9.34. The highest BCUT2D eigenvalue weighted by Gasteiger charge is 2.10. The molecule has 0 fully saturated rings. The Labute approximate surface area is 170 Å². The molecule has 0 aliphatic rings. The first-order chi connectivity index (χ1) is 12.4. The van der Waals surface area contributed by atoms with Crippen LogP contribution in [0, 0.1) is 6.92 Å². The number of carbonyl (C=O) groups excluding carboxylic acids is 2. The van der Waals surface area contributed by atoms with Crippen molar-refractivity contribution in [3.05, 3.63) is 68.7 Å². The molecule has 0 saturated heterocycles. The molecule has 2 aromatic rings. The normalized spacial score (nSPS) is 10.1. The van der Waals surface area contributed by atoms with Crippen molar-refractivity contribution < 1.29 is 9.59 Å². The number of benzene rings is 2. The fourth-order valence-electron chi connectivity index (χ4n) is 2.09. The molecular weight excluding hydrogens is 438 g/mol. The van der Waals surface area contributed by atoms with E-state index in [-0.39, 0.29) is 23.3 Å². The molecule has 0 aliphatic heterocycles. The number of carbonyl (C=O) groups is 2. The van der Waals surface area contributed by atoms with Gasteiger partial charge in [-0.05, 0) is 54.9 Å². The fraction of sp³-hybridized carbons (Fsp3) is 0.167. The maximum absolute atomic E-state index is 12.1. The maximum atomic E-state index is 12.1. The van der Waals surface area contributed by atoms with Crippen molar-refractivity contribution in [2.75, 3.05) is 0 Å². The molecule has 8 heteroatoms. The van der Waals surface area contributed by atoms with Crippen molar-refractivity contribution >= 4 is 56.7 Å². The van der Waals surface area contributed by atoms with Gasteiger partial charge < -0.3 is 5.32 Å². The van der Waals surface area contributed by atoms with Crippen molar-refractivity contribution in [2.24, 2.45) is 0 Å². The molecular formula is C18H17BrClN3O2S. The molecule has 0 bridgehead atoms. The molecule has 0 saturated carbocycles. The second-order valence-electron chi connectivity index (χ2n) is 5.51. The number of aryl methyl sites for hydroxylation is 2. The Morgan fingerprint density at radius 1 is 1.15 bits per heavy atom. The molecule has 0 radical (unpaired) electrons. The summed E-state index contributed by atoms with van der Waals surface area (Å²) in [7, 11) is 0. The predicted molar refractivity (Wildman–Crippen MR) is 110 cm³/mol. The Kier molecular flexibility index (Phi) is 7.56. The standard InChI is InChI=1S/C18H17BrClN3O2S/c1-11-6-7-13(10-14(11)19)17(25)22-23-18(26)21-16(24)9-8-12-4-2-3-5-15(12)20/h2-7,10H,8-9H2,1H3,(H,22,25)(H2,21,23,24,26). The van der Waals surface area contributed by atoms with E-state index in [4.69, 9.17) is 23.8 Å². The molecule has 2 rings (SSSR count). The van der Waals surface area contributed by atoms with Gasteiger partial charge in [0.25, 0.3) is 5.91 Å². The zero-order valence-electron chi connectivity index (χ0n) is 13.9. The Morgan fingerprint density at radius 3 is 2.58 bits per heavy atom. The molecule has 0 aromatic heterocycles. The third-order valence-corrected chi connectivity index (χ3v) is 4.98. The summed E-state index contributed by atoms with van der Waals surface area (Å²) in [5.41, 5.74) is 7.34.